The summed E-state index contributed by atoms with van der Waals surface area (Å²) in [5.74, 6) is 0.923. The highest BCUT2D eigenvalue weighted by atomic mass is 32.2. The van der Waals surface area contributed by atoms with E-state index in [2.05, 4.69) is 4.98 Å². The van der Waals surface area contributed by atoms with Gasteiger partial charge in [0, 0.05) is 24.0 Å². The molecule has 0 fully saturated rings. The van der Waals surface area contributed by atoms with Gasteiger partial charge in [0.2, 0.25) is 0 Å². The summed E-state index contributed by atoms with van der Waals surface area (Å²) in [6.07, 6.45) is 1.29. The van der Waals surface area contributed by atoms with Crippen molar-refractivity contribution in [2.45, 2.75) is 17.9 Å². The van der Waals surface area contributed by atoms with Crippen LogP contribution in [-0.2, 0) is 4.74 Å². The number of hydrogen-bond donors (Lipinski definition) is 1. The van der Waals surface area contributed by atoms with E-state index in [-0.39, 0.29) is 0 Å². The largest absolute Gasteiger partial charge is 0.387 e. The molecule has 14 heavy (non-hydrogen) atoms. The van der Waals surface area contributed by atoms with Crippen LogP contribution in [0.2, 0.25) is 0 Å². The summed E-state index contributed by atoms with van der Waals surface area (Å²) in [7, 11) is 1.69. The SMILES string of the molecule is COCCSc1ccc([C@@H](C)O)nc1. The number of aliphatic hydroxyl groups excluding tert-OH is 1. The number of nitrogens with zero attached hydrogens (tertiary/aromatic N) is 1. The monoisotopic (exact) mass is 213 g/mol. The fourth-order valence-electron chi connectivity index (χ4n) is 0.967. The van der Waals surface area contributed by atoms with Crippen LogP contribution < -0.4 is 0 Å². The Balaban J connectivity index is 2.47. The predicted octanol–water partition coefficient (Wildman–Crippen LogP) is 1.87. The summed E-state index contributed by atoms with van der Waals surface area (Å²) >= 11 is 1.70. The molecule has 0 saturated heterocycles. The minimum Gasteiger partial charge on any atom is -0.387 e. The minimum atomic E-state index is -0.493. The molecule has 1 atom stereocenters. The Morgan fingerprint density at radius 1 is 1.57 bits per heavy atom. The molecule has 3 nitrogen and oxygen atoms in total. The van der Waals surface area contributed by atoms with E-state index in [4.69, 9.17) is 4.74 Å². The van der Waals surface area contributed by atoms with Gasteiger partial charge in [-0.1, -0.05) is 0 Å². The molecule has 1 N–H and O–H groups in total. The van der Waals surface area contributed by atoms with Crippen LogP contribution in [0.1, 0.15) is 18.7 Å². The standard InChI is InChI=1S/C10H15NO2S/c1-8(12)10-4-3-9(7-11-10)14-6-5-13-2/h3-4,7-8,12H,5-6H2,1-2H3/t8-/m1/s1. The second-order valence-electron chi connectivity index (χ2n) is 2.94. The molecule has 0 aliphatic heterocycles. The fraction of sp³-hybridized carbons (Fsp3) is 0.500. The van der Waals surface area contributed by atoms with Gasteiger partial charge < -0.3 is 9.84 Å². The number of ether oxygens (including phenoxy) is 1. The molecule has 78 valence electrons. The normalized spacial score (nSPS) is 12.8. The maximum Gasteiger partial charge on any atom is 0.0931 e. The molecule has 0 aromatic carbocycles. The Bertz CT molecular complexity index is 261. The summed E-state index contributed by atoms with van der Waals surface area (Å²) in [5.41, 5.74) is 0.709. The van der Waals surface area contributed by atoms with E-state index in [1.54, 1.807) is 32.0 Å². The average molecular weight is 213 g/mol. The van der Waals surface area contributed by atoms with Crippen LogP contribution in [0.15, 0.2) is 23.2 Å². The first kappa shape index (κ1) is 11.5. The first-order chi connectivity index (χ1) is 6.74. The third kappa shape index (κ3) is 3.65. The van der Waals surface area contributed by atoms with Crippen LogP contribution in [0.5, 0.6) is 0 Å². The lowest BCUT2D eigenvalue weighted by Crippen LogP contribution is -1.95. The number of aromatic nitrogens is 1. The average Bonchev–Trinajstić information content (AvgIpc) is 2.19. The number of thioether (sulfide) groups is 1. The zero-order valence-corrected chi connectivity index (χ0v) is 9.25. The highest BCUT2D eigenvalue weighted by Crippen LogP contribution is 2.18. The van der Waals surface area contributed by atoms with E-state index in [1.165, 1.54) is 0 Å². The minimum absolute atomic E-state index is 0.493. The highest BCUT2D eigenvalue weighted by molar-refractivity contribution is 7.99. The molecular weight excluding hydrogens is 198 g/mol. The van der Waals surface area contributed by atoms with Gasteiger partial charge in [-0.05, 0) is 19.1 Å². The summed E-state index contributed by atoms with van der Waals surface area (Å²) in [6, 6.07) is 3.81. The highest BCUT2D eigenvalue weighted by Gasteiger charge is 2.01. The van der Waals surface area contributed by atoms with E-state index in [1.807, 2.05) is 12.1 Å². The molecule has 0 saturated carbocycles. The maximum absolute atomic E-state index is 9.24. The molecule has 0 aliphatic rings. The van der Waals surface area contributed by atoms with Gasteiger partial charge in [-0.2, -0.15) is 0 Å². The van der Waals surface area contributed by atoms with Crippen LogP contribution >= 0.6 is 11.8 Å². The Morgan fingerprint density at radius 2 is 2.36 bits per heavy atom. The number of pyridine rings is 1. The molecule has 0 unspecified atom stereocenters. The second kappa shape index (κ2) is 6.01. The van der Waals surface area contributed by atoms with Gasteiger partial charge in [-0.3, -0.25) is 4.98 Å². The predicted molar refractivity (Wildman–Crippen MR) is 57.5 cm³/mol. The zero-order chi connectivity index (χ0) is 10.4. The molecule has 1 aromatic heterocycles. The van der Waals surface area contributed by atoms with Gasteiger partial charge in [0.25, 0.3) is 0 Å². The van der Waals surface area contributed by atoms with Crippen LogP contribution in [0.4, 0.5) is 0 Å². The number of rotatable bonds is 5. The molecule has 0 bridgehead atoms. The van der Waals surface area contributed by atoms with E-state index < -0.39 is 6.10 Å². The summed E-state index contributed by atoms with van der Waals surface area (Å²) in [6.45, 7) is 2.45. The smallest absolute Gasteiger partial charge is 0.0931 e. The summed E-state index contributed by atoms with van der Waals surface area (Å²) in [5, 5.41) is 9.24. The summed E-state index contributed by atoms with van der Waals surface area (Å²) in [4.78, 5) is 5.25. The van der Waals surface area contributed by atoms with E-state index in [0.717, 1.165) is 17.3 Å². The van der Waals surface area contributed by atoms with Gasteiger partial charge in [-0.25, -0.2) is 0 Å². The quantitative estimate of drug-likeness (QED) is 0.599. The van der Waals surface area contributed by atoms with Gasteiger partial charge >= 0.3 is 0 Å². The number of methoxy groups -OCH3 is 1. The molecule has 1 aromatic rings. The fourth-order valence-corrected chi connectivity index (χ4v) is 1.74. The Morgan fingerprint density at radius 3 is 2.86 bits per heavy atom. The number of aliphatic hydroxyl groups is 1. The first-order valence-corrected chi connectivity index (χ1v) is 5.48. The van der Waals surface area contributed by atoms with Crippen molar-refractivity contribution in [1.82, 2.24) is 4.98 Å². The molecule has 1 heterocycles. The van der Waals surface area contributed by atoms with E-state index in [0.29, 0.717) is 5.69 Å². The Hall–Kier alpha value is -0.580. The molecule has 4 heteroatoms. The van der Waals surface area contributed by atoms with Crippen molar-refractivity contribution in [2.24, 2.45) is 0 Å². The van der Waals surface area contributed by atoms with Crippen molar-refractivity contribution in [3.8, 4) is 0 Å². The van der Waals surface area contributed by atoms with E-state index >= 15 is 0 Å². The Labute approximate surface area is 88.5 Å². The third-order valence-corrected chi connectivity index (χ3v) is 2.69. The van der Waals surface area contributed by atoms with Crippen molar-refractivity contribution < 1.29 is 9.84 Å². The van der Waals surface area contributed by atoms with Crippen molar-refractivity contribution in [3.63, 3.8) is 0 Å². The summed E-state index contributed by atoms with van der Waals surface area (Å²) < 4.78 is 4.94. The lowest BCUT2D eigenvalue weighted by Gasteiger charge is -2.04. The molecule has 0 amide bonds. The third-order valence-electron chi connectivity index (χ3n) is 1.74. The zero-order valence-electron chi connectivity index (χ0n) is 8.43. The van der Waals surface area contributed by atoms with Crippen LogP contribution in [0.25, 0.3) is 0 Å². The van der Waals surface area contributed by atoms with Crippen molar-refractivity contribution in [1.29, 1.82) is 0 Å². The molecule has 0 aliphatic carbocycles. The molecule has 0 spiro atoms. The van der Waals surface area contributed by atoms with Crippen LogP contribution in [0, 0.1) is 0 Å². The first-order valence-electron chi connectivity index (χ1n) is 4.50. The molecule has 1 rings (SSSR count). The lowest BCUT2D eigenvalue weighted by molar-refractivity contribution is 0.194. The van der Waals surface area contributed by atoms with Crippen LogP contribution in [0.3, 0.4) is 0 Å². The van der Waals surface area contributed by atoms with Gasteiger partial charge in [0.15, 0.2) is 0 Å². The van der Waals surface area contributed by atoms with Crippen molar-refractivity contribution in [3.05, 3.63) is 24.0 Å². The van der Waals surface area contributed by atoms with Gasteiger partial charge in [-0.15, -0.1) is 11.8 Å². The van der Waals surface area contributed by atoms with Crippen molar-refractivity contribution >= 4 is 11.8 Å². The maximum atomic E-state index is 9.24. The molecule has 0 radical (unpaired) electrons. The Kier molecular flexibility index (Phi) is 4.93. The van der Waals surface area contributed by atoms with Crippen LogP contribution in [-0.4, -0.2) is 29.6 Å². The van der Waals surface area contributed by atoms with Gasteiger partial charge in [0.05, 0.1) is 18.4 Å². The van der Waals surface area contributed by atoms with Crippen molar-refractivity contribution in [2.75, 3.05) is 19.5 Å². The number of hydrogen-bond acceptors (Lipinski definition) is 4. The topological polar surface area (TPSA) is 42.4 Å². The van der Waals surface area contributed by atoms with E-state index in [9.17, 15) is 5.11 Å². The lowest BCUT2D eigenvalue weighted by atomic mass is 10.2. The second-order valence-corrected chi connectivity index (χ2v) is 4.10. The van der Waals surface area contributed by atoms with Gasteiger partial charge in [0.1, 0.15) is 0 Å². The molecular formula is C10H15NO2S.